The number of H-pyrrole nitrogens is 1. The molecule has 0 aromatic carbocycles. The standard InChI is InChI=1S/C13H19N5O3/c1-8-14-13-15-10(4-12(21)18(13)16-8)5-17-3-2-9(7-19)11(20)6-17/h4,9,11,19-20H,2-3,5-7H2,1H3,(H,14,15,16)/t9-,11-/m1/s1. The van der Waals surface area contributed by atoms with E-state index >= 15 is 0 Å². The number of fused-ring (bicyclic) bond motifs is 1. The molecule has 2 aromatic rings. The van der Waals surface area contributed by atoms with Crippen LogP contribution in [0.2, 0.25) is 0 Å². The maximum atomic E-state index is 12.0. The summed E-state index contributed by atoms with van der Waals surface area (Å²) in [6.45, 7) is 3.51. The van der Waals surface area contributed by atoms with Crippen molar-refractivity contribution in [2.45, 2.75) is 26.0 Å². The fraction of sp³-hybridized carbons (Fsp3) is 0.615. The molecule has 8 heteroatoms. The summed E-state index contributed by atoms with van der Waals surface area (Å²) in [7, 11) is 0. The van der Waals surface area contributed by atoms with Gasteiger partial charge in [0.25, 0.3) is 11.3 Å². The van der Waals surface area contributed by atoms with Gasteiger partial charge in [-0.1, -0.05) is 0 Å². The molecule has 0 spiro atoms. The molecule has 1 aliphatic heterocycles. The number of β-amino-alcohol motifs (C(OH)–C–C–N with tert-alkyl or cyclic N) is 1. The summed E-state index contributed by atoms with van der Waals surface area (Å²) in [6.07, 6.45) is 0.196. The SMILES string of the molecule is Cc1nc2nc(CN3CC[C@H](CO)[C@H](O)C3)cc(=O)n2[nH]1. The third-order valence-corrected chi connectivity index (χ3v) is 3.92. The van der Waals surface area contributed by atoms with Gasteiger partial charge in [0, 0.05) is 31.7 Å². The van der Waals surface area contributed by atoms with Crippen molar-refractivity contribution in [1.82, 2.24) is 24.5 Å². The number of aliphatic hydroxyl groups excluding tert-OH is 2. The first-order valence-corrected chi connectivity index (χ1v) is 7.03. The van der Waals surface area contributed by atoms with Crippen LogP contribution < -0.4 is 5.56 Å². The van der Waals surface area contributed by atoms with Crippen molar-refractivity contribution in [3.05, 3.63) is 27.9 Å². The fourth-order valence-electron chi connectivity index (χ4n) is 2.75. The number of aryl methyl sites for hydroxylation is 1. The third-order valence-electron chi connectivity index (χ3n) is 3.92. The van der Waals surface area contributed by atoms with Gasteiger partial charge in [-0.25, -0.2) is 4.98 Å². The molecule has 1 fully saturated rings. The summed E-state index contributed by atoms with van der Waals surface area (Å²) < 4.78 is 1.31. The lowest BCUT2D eigenvalue weighted by molar-refractivity contribution is -0.00478. The molecule has 2 aromatic heterocycles. The smallest absolute Gasteiger partial charge is 0.274 e. The molecule has 0 unspecified atom stereocenters. The molecule has 21 heavy (non-hydrogen) atoms. The minimum atomic E-state index is -0.541. The summed E-state index contributed by atoms with van der Waals surface area (Å²) in [5.41, 5.74) is 0.447. The lowest BCUT2D eigenvalue weighted by atomic mass is 9.95. The number of rotatable bonds is 3. The number of hydrogen-bond donors (Lipinski definition) is 3. The van der Waals surface area contributed by atoms with Crippen LogP contribution in [0.25, 0.3) is 5.78 Å². The summed E-state index contributed by atoms with van der Waals surface area (Å²) in [5, 5.41) is 21.9. The molecule has 114 valence electrons. The predicted octanol–water partition coefficient (Wildman–Crippen LogP) is -1.10. The van der Waals surface area contributed by atoms with E-state index in [4.69, 9.17) is 5.11 Å². The van der Waals surface area contributed by atoms with Crippen LogP contribution in [0.5, 0.6) is 0 Å². The molecule has 0 bridgehead atoms. The van der Waals surface area contributed by atoms with E-state index in [-0.39, 0.29) is 18.1 Å². The summed E-state index contributed by atoms with van der Waals surface area (Å²) in [5.74, 6) is 0.938. The summed E-state index contributed by atoms with van der Waals surface area (Å²) in [4.78, 5) is 22.5. The lowest BCUT2D eigenvalue weighted by Crippen LogP contribution is -2.44. The molecule has 1 aliphatic rings. The predicted molar refractivity (Wildman–Crippen MR) is 74.8 cm³/mol. The summed E-state index contributed by atoms with van der Waals surface area (Å²) in [6, 6.07) is 1.48. The van der Waals surface area contributed by atoms with Crippen molar-refractivity contribution < 1.29 is 10.2 Å². The van der Waals surface area contributed by atoms with E-state index in [9.17, 15) is 9.90 Å². The Balaban J connectivity index is 1.78. The molecule has 0 saturated carbocycles. The number of nitrogens with zero attached hydrogens (tertiary/aromatic N) is 4. The van der Waals surface area contributed by atoms with Crippen LogP contribution in [0.4, 0.5) is 0 Å². The number of aliphatic hydroxyl groups is 2. The summed E-state index contributed by atoms with van der Waals surface area (Å²) >= 11 is 0. The van der Waals surface area contributed by atoms with Gasteiger partial charge in [-0.2, -0.15) is 9.50 Å². The second-order valence-corrected chi connectivity index (χ2v) is 5.56. The number of aromatic amines is 1. The van der Waals surface area contributed by atoms with Crippen LogP contribution in [-0.4, -0.2) is 60.5 Å². The van der Waals surface area contributed by atoms with Crippen LogP contribution in [0, 0.1) is 12.8 Å². The van der Waals surface area contributed by atoms with Crippen LogP contribution in [0.1, 0.15) is 17.9 Å². The highest BCUT2D eigenvalue weighted by molar-refractivity contribution is 5.27. The highest BCUT2D eigenvalue weighted by Crippen LogP contribution is 2.18. The molecule has 0 aliphatic carbocycles. The first kappa shape index (κ1) is 14.2. The lowest BCUT2D eigenvalue weighted by Gasteiger charge is -2.34. The Labute approximate surface area is 121 Å². The van der Waals surface area contributed by atoms with E-state index in [1.165, 1.54) is 10.6 Å². The molecular weight excluding hydrogens is 274 g/mol. The Bertz CT molecular complexity index is 695. The van der Waals surface area contributed by atoms with E-state index in [0.29, 0.717) is 30.4 Å². The zero-order valence-corrected chi connectivity index (χ0v) is 11.9. The first-order chi connectivity index (χ1) is 10.1. The number of nitrogens with one attached hydrogen (secondary N) is 1. The number of piperidine rings is 1. The molecule has 0 radical (unpaired) electrons. The van der Waals surface area contributed by atoms with Crippen molar-refractivity contribution in [1.29, 1.82) is 0 Å². The van der Waals surface area contributed by atoms with E-state index in [2.05, 4.69) is 15.1 Å². The molecule has 1 saturated heterocycles. The Hall–Kier alpha value is -1.77. The first-order valence-electron chi connectivity index (χ1n) is 7.03. The van der Waals surface area contributed by atoms with E-state index in [0.717, 1.165) is 13.0 Å². The Kier molecular flexibility index (Phi) is 3.75. The van der Waals surface area contributed by atoms with Crippen LogP contribution in [0.3, 0.4) is 0 Å². The molecule has 3 heterocycles. The molecule has 2 atom stereocenters. The van der Waals surface area contributed by atoms with Crippen molar-refractivity contribution in [3.63, 3.8) is 0 Å². The normalized spacial score (nSPS) is 23.8. The zero-order chi connectivity index (χ0) is 15.0. The van der Waals surface area contributed by atoms with Crippen LogP contribution in [0.15, 0.2) is 10.9 Å². The highest BCUT2D eigenvalue weighted by Gasteiger charge is 2.27. The minimum Gasteiger partial charge on any atom is -0.396 e. The van der Waals surface area contributed by atoms with Gasteiger partial charge in [0.2, 0.25) is 0 Å². The third kappa shape index (κ3) is 2.82. The van der Waals surface area contributed by atoms with Crippen molar-refractivity contribution in [2.24, 2.45) is 5.92 Å². The van der Waals surface area contributed by atoms with Crippen LogP contribution in [-0.2, 0) is 6.54 Å². The average molecular weight is 293 g/mol. The Morgan fingerprint density at radius 1 is 1.48 bits per heavy atom. The minimum absolute atomic E-state index is 0.00705. The largest absolute Gasteiger partial charge is 0.396 e. The zero-order valence-electron chi connectivity index (χ0n) is 11.9. The number of aromatic nitrogens is 4. The van der Waals surface area contributed by atoms with Gasteiger partial charge in [0.15, 0.2) is 0 Å². The van der Waals surface area contributed by atoms with Crippen molar-refractivity contribution in [2.75, 3.05) is 19.7 Å². The highest BCUT2D eigenvalue weighted by atomic mass is 16.3. The molecular formula is C13H19N5O3. The Morgan fingerprint density at radius 3 is 3.00 bits per heavy atom. The van der Waals surface area contributed by atoms with Gasteiger partial charge in [-0.15, -0.1) is 0 Å². The van der Waals surface area contributed by atoms with Gasteiger partial charge >= 0.3 is 0 Å². The van der Waals surface area contributed by atoms with Crippen molar-refractivity contribution in [3.8, 4) is 0 Å². The van der Waals surface area contributed by atoms with Gasteiger partial charge in [0.05, 0.1) is 11.8 Å². The topological polar surface area (TPSA) is 107 Å². The Morgan fingerprint density at radius 2 is 2.29 bits per heavy atom. The molecule has 3 rings (SSSR count). The van der Waals surface area contributed by atoms with Crippen molar-refractivity contribution >= 4 is 5.78 Å². The number of hydrogen-bond acceptors (Lipinski definition) is 6. The fourth-order valence-corrected chi connectivity index (χ4v) is 2.75. The van der Waals surface area contributed by atoms with Gasteiger partial charge in [-0.3, -0.25) is 14.8 Å². The number of likely N-dealkylation sites (tertiary alicyclic amines) is 1. The van der Waals surface area contributed by atoms with E-state index in [1.54, 1.807) is 6.92 Å². The molecule has 0 amide bonds. The second-order valence-electron chi connectivity index (χ2n) is 5.56. The maximum absolute atomic E-state index is 12.0. The van der Waals surface area contributed by atoms with Gasteiger partial charge < -0.3 is 10.2 Å². The van der Waals surface area contributed by atoms with Crippen LogP contribution >= 0.6 is 0 Å². The van der Waals surface area contributed by atoms with Gasteiger partial charge in [-0.05, 0) is 19.9 Å². The van der Waals surface area contributed by atoms with E-state index in [1.807, 2.05) is 4.90 Å². The average Bonchev–Trinajstić information content (AvgIpc) is 2.80. The monoisotopic (exact) mass is 293 g/mol. The molecule has 3 N–H and O–H groups in total. The van der Waals surface area contributed by atoms with Gasteiger partial charge in [0.1, 0.15) is 5.82 Å². The van der Waals surface area contributed by atoms with E-state index < -0.39 is 6.10 Å². The quantitative estimate of drug-likeness (QED) is 0.663. The maximum Gasteiger partial charge on any atom is 0.274 e. The molecule has 8 nitrogen and oxygen atoms in total. The second kappa shape index (κ2) is 5.55.